The molecule has 0 aliphatic rings. The lowest BCUT2D eigenvalue weighted by Gasteiger charge is -2.14. The highest BCUT2D eigenvalue weighted by atomic mass is 19.1. The van der Waals surface area contributed by atoms with E-state index in [4.69, 9.17) is 5.73 Å². The molecule has 0 amide bonds. The summed E-state index contributed by atoms with van der Waals surface area (Å²) in [5.74, 6) is 0.225. The van der Waals surface area contributed by atoms with E-state index in [1.54, 1.807) is 0 Å². The second-order valence-electron chi connectivity index (χ2n) is 4.92. The molecule has 0 saturated carbocycles. The predicted octanol–water partition coefficient (Wildman–Crippen LogP) is 2.31. The molecule has 102 valence electrons. The van der Waals surface area contributed by atoms with Crippen LogP contribution in [0.4, 0.5) is 4.39 Å². The zero-order chi connectivity index (χ0) is 13.7. The smallest absolute Gasteiger partial charge is 0.123 e. The molecular weight excluding hydrogens is 241 g/mol. The lowest BCUT2D eigenvalue weighted by atomic mass is 9.94. The van der Waals surface area contributed by atoms with Gasteiger partial charge in [-0.05, 0) is 55.5 Å². The number of aryl methyl sites for hydroxylation is 2. The van der Waals surface area contributed by atoms with E-state index in [-0.39, 0.29) is 5.82 Å². The Hall–Kier alpha value is -1.68. The first kappa shape index (κ1) is 13.7. The van der Waals surface area contributed by atoms with Gasteiger partial charge in [0.25, 0.3) is 0 Å². The fourth-order valence-electron chi connectivity index (χ4n) is 2.26. The molecule has 2 aromatic rings. The number of nitrogens with two attached hydrogens (primary N) is 1. The molecule has 0 saturated heterocycles. The van der Waals surface area contributed by atoms with Crippen LogP contribution in [-0.2, 0) is 19.9 Å². The summed E-state index contributed by atoms with van der Waals surface area (Å²) in [5.41, 5.74) is 8.19. The minimum absolute atomic E-state index is 0.192. The molecule has 0 aliphatic carbocycles. The summed E-state index contributed by atoms with van der Waals surface area (Å²) in [6.07, 6.45) is 4.70. The zero-order valence-corrected chi connectivity index (χ0v) is 11.2. The molecule has 1 aromatic carbocycles. The molecule has 4 heteroatoms. The van der Waals surface area contributed by atoms with Crippen molar-refractivity contribution in [3.8, 4) is 0 Å². The standard InChI is InChI=1S/C15H20FN3/c1-19-15(8-9-18-19)7-4-13(11-17)10-12-2-5-14(16)6-3-12/h2-3,5-6,8-9,13H,4,7,10-11,17H2,1H3. The minimum atomic E-state index is -0.192. The summed E-state index contributed by atoms with van der Waals surface area (Å²) in [5, 5.41) is 4.16. The molecule has 3 nitrogen and oxygen atoms in total. The van der Waals surface area contributed by atoms with Crippen LogP contribution in [0.1, 0.15) is 17.7 Å². The zero-order valence-electron chi connectivity index (χ0n) is 11.2. The third kappa shape index (κ3) is 3.89. The van der Waals surface area contributed by atoms with E-state index in [0.717, 1.165) is 24.8 Å². The fourth-order valence-corrected chi connectivity index (χ4v) is 2.26. The van der Waals surface area contributed by atoms with Crippen molar-refractivity contribution in [2.45, 2.75) is 19.3 Å². The van der Waals surface area contributed by atoms with Crippen LogP contribution in [0.15, 0.2) is 36.5 Å². The van der Waals surface area contributed by atoms with Crippen molar-refractivity contribution in [2.24, 2.45) is 18.7 Å². The summed E-state index contributed by atoms with van der Waals surface area (Å²) in [7, 11) is 1.95. The highest BCUT2D eigenvalue weighted by Crippen LogP contribution is 2.15. The lowest BCUT2D eigenvalue weighted by molar-refractivity contribution is 0.484. The number of hydrogen-bond acceptors (Lipinski definition) is 2. The number of nitrogens with zero attached hydrogens (tertiary/aromatic N) is 2. The molecule has 0 fully saturated rings. The van der Waals surface area contributed by atoms with Gasteiger partial charge in [0.05, 0.1) is 0 Å². The van der Waals surface area contributed by atoms with E-state index in [2.05, 4.69) is 5.10 Å². The third-order valence-corrected chi connectivity index (χ3v) is 3.50. The van der Waals surface area contributed by atoms with E-state index >= 15 is 0 Å². The van der Waals surface area contributed by atoms with E-state index in [1.165, 1.54) is 17.8 Å². The van der Waals surface area contributed by atoms with Gasteiger partial charge in [0.2, 0.25) is 0 Å². The normalized spacial score (nSPS) is 12.6. The number of aromatic nitrogens is 2. The average molecular weight is 261 g/mol. The first-order valence-corrected chi connectivity index (χ1v) is 6.60. The van der Waals surface area contributed by atoms with Gasteiger partial charge in [-0.1, -0.05) is 12.1 Å². The molecule has 0 spiro atoms. The number of rotatable bonds is 6. The Morgan fingerprint density at radius 2 is 2.00 bits per heavy atom. The van der Waals surface area contributed by atoms with Gasteiger partial charge in [-0.25, -0.2) is 4.39 Å². The third-order valence-electron chi connectivity index (χ3n) is 3.50. The summed E-state index contributed by atoms with van der Waals surface area (Å²) >= 11 is 0. The molecule has 0 radical (unpaired) electrons. The van der Waals surface area contributed by atoms with Gasteiger partial charge < -0.3 is 5.73 Å². The summed E-state index contributed by atoms with van der Waals surface area (Å²) in [6, 6.07) is 8.71. The molecule has 1 heterocycles. The Morgan fingerprint density at radius 3 is 2.58 bits per heavy atom. The number of halogens is 1. The van der Waals surface area contributed by atoms with E-state index in [9.17, 15) is 4.39 Å². The maximum absolute atomic E-state index is 12.8. The Kier molecular flexibility index (Phi) is 4.68. The van der Waals surface area contributed by atoms with Crippen LogP contribution in [-0.4, -0.2) is 16.3 Å². The highest BCUT2D eigenvalue weighted by molar-refractivity contribution is 5.16. The largest absolute Gasteiger partial charge is 0.330 e. The van der Waals surface area contributed by atoms with Crippen molar-refractivity contribution in [3.63, 3.8) is 0 Å². The summed E-state index contributed by atoms with van der Waals surface area (Å²) in [4.78, 5) is 0. The minimum Gasteiger partial charge on any atom is -0.330 e. The molecule has 0 bridgehead atoms. The molecule has 19 heavy (non-hydrogen) atoms. The average Bonchev–Trinajstić information content (AvgIpc) is 2.82. The van der Waals surface area contributed by atoms with Gasteiger partial charge in [-0.2, -0.15) is 5.10 Å². The van der Waals surface area contributed by atoms with Crippen molar-refractivity contribution < 1.29 is 4.39 Å². The molecule has 0 aliphatic heterocycles. The monoisotopic (exact) mass is 261 g/mol. The SMILES string of the molecule is Cn1nccc1CCC(CN)Cc1ccc(F)cc1. The Balaban J connectivity index is 1.90. The molecular formula is C15H20FN3. The van der Waals surface area contributed by atoms with Crippen molar-refractivity contribution >= 4 is 0 Å². The van der Waals surface area contributed by atoms with E-state index in [0.29, 0.717) is 12.5 Å². The molecule has 1 unspecified atom stereocenters. The Bertz CT molecular complexity index is 504. The fraction of sp³-hybridized carbons (Fsp3) is 0.400. The number of benzene rings is 1. The first-order chi connectivity index (χ1) is 9.19. The van der Waals surface area contributed by atoms with Crippen LogP contribution >= 0.6 is 0 Å². The molecule has 1 aromatic heterocycles. The van der Waals surface area contributed by atoms with E-state index < -0.39 is 0 Å². The predicted molar refractivity (Wildman–Crippen MR) is 74.2 cm³/mol. The molecule has 1 atom stereocenters. The van der Waals surface area contributed by atoms with Crippen LogP contribution in [0.3, 0.4) is 0 Å². The Labute approximate surface area is 113 Å². The highest BCUT2D eigenvalue weighted by Gasteiger charge is 2.09. The van der Waals surface area contributed by atoms with Crippen LogP contribution in [0, 0.1) is 11.7 Å². The summed E-state index contributed by atoms with van der Waals surface area (Å²) in [6.45, 7) is 0.648. The number of hydrogen-bond donors (Lipinski definition) is 1. The quantitative estimate of drug-likeness (QED) is 0.867. The van der Waals surface area contributed by atoms with Crippen molar-refractivity contribution in [1.29, 1.82) is 0 Å². The van der Waals surface area contributed by atoms with E-state index in [1.807, 2.05) is 36.1 Å². The lowest BCUT2D eigenvalue weighted by Crippen LogP contribution is -2.18. The maximum atomic E-state index is 12.8. The first-order valence-electron chi connectivity index (χ1n) is 6.60. The second-order valence-corrected chi connectivity index (χ2v) is 4.92. The molecule has 2 N–H and O–H groups in total. The Morgan fingerprint density at radius 1 is 1.26 bits per heavy atom. The van der Waals surface area contributed by atoms with Crippen molar-refractivity contribution in [1.82, 2.24) is 9.78 Å². The van der Waals surface area contributed by atoms with Gasteiger partial charge in [0.15, 0.2) is 0 Å². The van der Waals surface area contributed by atoms with Crippen LogP contribution in [0.5, 0.6) is 0 Å². The van der Waals surface area contributed by atoms with Crippen LogP contribution < -0.4 is 5.73 Å². The van der Waals surface area contributed by atoms with Crippen LogP contribution in [0.2, 0.25) is 0 Å². The van der Waals surface area contributed by atoms with Crippen molar-refractivity contribution in [2.75, 3.05) is 6.54 Å². The second kappa shape index (κ2) is 6.48. The van der Waals surface area contributed by atoms with Gasteiger partial charge in [0, 0.05) is 18.9 Å². The van der Waals surface area contributed by atoms with Gasteiger partial charge >= 0.3 is 0 Å². The maximum Gasteiger partial charge on any atom is 0.123 e. The van der Waals surface area contributed by atoms with Gasteiger partial charge in [0.1, 0.15) is 5.82 Å². The van der Waals surface area contributed by atoms with Crippen LogP contribution in [0.25, 0.3) is 0 Å². The summed E-state index contributed by atoms with van der Waals surface area (Å²) < 4.78 is 14.7. The molecule has 2 rings (SSSR count). The van der Waals surface area contributed by atoms with Gasteiger partial charge in [-0.3, -0.25) is 4.68 Å². The van der Waals surface area contributed by atoms with Gasteiger partial charge in [-0.15, -0.1) is 0 Å². The topological polar surface area (TPSA) is 43.8 Å². The van der Waals surface area contributed by atoms with Crippen molar-refractivity contribution in [3.05, 3.63) is 53.6 Å².